The molecule has 1 N–H and O–H groups in total. The zero-order chi connectivity index (χ0) is 18.5. The number of rotatable bonds is 6. The fourth-order valence-corrected chi connectivity index (χ4v) is 3.17. The maximum atomic E-state index is 12.7. The first-order chi connectivity index (χ1) is 12.6. The SMILES string of the molecule is CCNCC1CCN(C(=O)c2cnn(-c3ccc([N+](=O)[O-])cc3)c2)CC1. The summed E-state index contributed by atoms with van der Waals surface area (Å²) in [6.07, 6.45) is 5.24. The molecule has 1 saturated heterocycles. The monoisotopic (exact) mass is 357 g/mol. The van der Waals surface area contributed by atoms with Crippen LogP contribution in [0, 0.1) is 16.0 Å². The Morgan fingerprint density at radius 3 is 2.62 bits per heavy atom. The molecular weight excluding hydrogens is 334 g/mol. The van der Waals surface area contributed by atoms with Crippen LogP contribution in [0.5, 0.6) is 0 Å². The van der Waals surface area contributed by atoms with Crippen LogP contribution in [0.4, 0.5) is 5.69 Å². The molecule has 0 atom stereocenters. The molecule has 0 unspecified atom stereocenters. The number of benzene rings is 1. The molecule has 8 nitrogen and oxygen atoms in total. The van der Waals surface area contributed by atoms with Gasteiger partial charge in [-0.1, -0.05) is 6.92 Å². The van der Waals surface area contributed by atoms with Gasteiger partial charge in [-0.2, -0.15) is 5.10 Å². The minimum atomic E-state index is -0.443. The summed E-state index contributed by atoms with van der Waals surface area (Å²) in [6, 6.07) is 6.08. The van der Waals surface area contributed by atoms with E-state index < -0.39 is 4.92 Å². The summed E-state index contributed by atoms with van der Waals surface area (Å²) < 4.78 is 1.56. The first kappa shape index (κ1) is 18.1. The van der Waals surface area contributed by atoms with E-state index in [4.69, 9.17) is 0 Å². The number of hydrogen-bond donors (Lipinski definition) is 1. The van der Waals surface area contributed by atoms with Gasteiger partial charge in [-0.25, -0.2) is 4.68 Å². The average molecular weight is 357 g/mol. The third kappa shape index (κ3) is 4.08. The van der Waals surface area contributed by atoms with E-state index in [1.54, 1.807) is 29.2 Å². The van der Waals surface area contributed by atoms with Gasteiger partial charge in [0.25, 0.3) is 11.6 Å². The number of nitrogens with one attached hydrogen (secondary N) is 1. The lowest BCUT2D eigenvalue weighted by atomic mass is 9.96. The zero-order valence-corrected chi connectivity index (χ0v) is 14.8. The number of nitro benzene ring substituents is 1. The Balaban J connectivity index is 1.62. The molecule has 0 radical (unpaired) electrons. The Bertz CT molecular complexity index is 763. The van der Waals surface area contributed by atoms with Crippen molar-refractivity contribution in [2.75, 3.05) is 26.2 Å². The molecule has 0 saturated carbocycles. The highest BCUT2D eigenvalue weighted by Gasteiger charge is 2.24. The predicted octanol–water partition coefficient (Wildman–Crippen LogP) is 2.24. The molecule has 26 heavy (non-hydrogen) atoms. The third-order valence-corrected chi connectivity index (χ3v) is 4.74. The van der Waals surface area contributed by atoms with Gasteiger partial charge in [0.05, 0.1) is 22.4 Å². The molecule has 138 valence electrons. The Hall–Kier alpha value is -2.74. The zero-order valence-electron chi connectivity index (χ0n) is 14.8. The summed E-state index contributed by atoms with van der Waals surface area (Å²) in [6.45, 7) is 5.61. The summed E-state index contributed by atoms with van der Waals surface area (Å²) in [5, 5.41) is 18.3. The maximum Gasteiger partial charge on any atom is 0.269 e. The third-order valence-electron chi connectivity index (χ3n) is 4.74. The minimum absolute atomic E-state index is 0.0138. The van der Waals surface area contributed by atoms with Gasteiger partial charge < -0.3 is 10.2 Å². The van der Waals surface area contributed by atoms with Crippen molar-refractivity contribution in [3.05, 3.63) is 52.3 Å². The van der Waals surface area contributed by atoms with E-state index >= 15 is 0 Å². The highest BCUT2D eigenvalue weighted by Crippen LogP contribution is 2.19. The molecule has 1 aliphatic heterocycles. The van der Waals surface area contributed by atoms with Gasteiger partial charge in [0.1, 0.15) is 0 Å². The lowest BCUT2D eigenvalue weighted by Crippen LogP contribution is -2.40. The van der Waals surface area contributed by atoms with Crippen LogP contribution in [0.25, 0.3) is 5.69 Å². The summed E-state index contributed by atoms with van der Waals surface area (Å²) in [4.78, 5) is 24.8. The van der Waals surface area contributed by atoms with Crippen LogP contribution in [0.2, 0.25) is 0 Å². The number of piperidine rings is 1. The second-order valence-corrected chi connectivity index (χ2v) is 6.49. The Morgan fingerprint density at radius 2 is 2.00 bits per heavy atom. The molecule has 2 aromatic rings. The van der Waals surface area contributed by atoms with E-state index in [0.29, 0.717) is 17.2 Å². The number of carbonyl (C=O) groups excluding carboxylic acids is 1. The lowest BCUT2D eigenvalue weighted by molar-refractivity contribution is -0.384. The molecule has 2 heterocycles. The van der Waals surface area contributed by atoms with Crippen LogP contribution >= 0.6 is 0 Å². The van der Waals surface area contributed by atoms with Crippen molar-refractivity contribution in [3.63, 3.8) is 0 Å². The number of hydrogen-bond acceptors (Lipinski definition) is 5. The first-order valence-corrected chi connectivity index (χ1v) is 8.88. The van der Waals surface area contributed by atoms with E-state index in [2.05, 4.69) is 17.3 Å². The van der Waals surface area contributed by atoms with Gasteiger partial charge in [0.2, 0.25) is 0 Å². The maximum absolute atomic E-state index is 12.7. The number of aromatic nitrogens is 2. The highest BCUT2D eigenvalue weighted by atomic mass is 16.6. The van der Waals surface area contributed by atoms with Crippen molar-refractivity contribution in [2.45, 2.75) is 19.8 Å². The van der Waals surface area contributed by atoms with Gasteiger partial charge in [-0.3, -0.25) is 14.9 Å². The van der Waals surface area contributed by atoms with E-state index in [1.807, 2.05) is 4.90 Å². The van der Waals surface area contributed by atoms with Crippen LogP contribution in [0.1, 0.15) is 30.1 Å². The van der Waals surface area contributed by atoms with Crippen molar-refractivity contribution in [3.8, 4) is 5.69 Å². The second kappa shape index (κ2) is 8.09. The number of non-ortho nitro benzene ring substituents is 1. The number of likely N-dealkylation sites (tertiary alicyclic amines) is 1. The van der Waals surface area contributed by atoms with Gasteiger partial charge in [-0.05, 0) is 44.0 Å². The van der Waals surface area contributed by atoms with Crippen molar-refractivity contribution in [1.29, 1.82) is 0 Å². The van der Waals surface area contributed by atoms with Gasteiger partial charge in [0.15, 0.2) is 0 Å². The molecule has 1 aromatic heterocycles. The van der Waals surface area contributed by atoms with Crippen molar-refractivity contribution in [1.82, 2.24) is 20.0 Å². The van der Waals surface area contributed by atoms with Crippen molar-refractivity contribution in [2.24, 2.45) is 5.92 Å². The van der Waals surface area contributed by atoms with Crippen LogP contribution in [0.15, 0.2) is 36.7 Å². The number of nitro groups is 1. The molecule has 1 amide bonds. The second-order valence-electron chi connectivity index (χ2n) is 6.49. The van der Waals surface area contributed by atoms with Crippen LogP contribution in [-0.4, -0.2) is 51.7 Å². The summed E-state index contributed by atoms with van der Waals surface area (Å²) in [5.74, 6) is 0.613. The van der Waals surface area contributed by atoms with Gasteiger partial charge in [0, 0.05) is 31.4 Å². The molecule has 3 rings (SSSR count). The van der Waals surface area contributed by atoms with E-state index in [0.717, 1.165) is 39.0 Å². The van der Waals surface area contributed by atoms with Gasteiger partial charge >= 0.3 is 0 Å². The fraction of sp³-hybridized carbons (Fsp3) is 0.444. The number of nitrogens with zero attached hydrogens (tertiary/aromatic N) is 4. The van der Waals surface area contributed by atoms with Gasteiger partial charge in [-0.15, -0.1) is 0 Å². The molecular formula is C18H23N5O3. The van der Waals surface area contributed by atoms with E-state index in [9.17, 15) is 14.9 Å². The fourth-order valence-electron chi connectivity index (χ4n) is 3.17. The Morgan fingerprint density at radius 1 is 1.31 bits per heavy atom. The van der Waals surface area contributed by atoms with Crippen LogP contribution in [0.3, 0.4) is 0 Å². The standard InChI is InChI=1S/C18H23N5O3/c1-2-19-11-14-7-9-21(10-8-14)18(24)15-12-20-22(13-15)16-3-5-17(6-4-16)23(25)26/h3-6,12-14,19H,2,7-11H2,1H3. The van der Waals surface area contributed by atoms with Crippen molar-refractivity contribution < 1.29 is 9.72 Å². The Kier molecular flexibility index (Phi) is 5.62. The average Bonchev–Trinajstić information content (AvgIpc) is 3.16. The topological polar surface area (TPSA) is 93.3 Å². The molecule has 8 heteroatoms. The van der Waals surface area contributed by atoms with E-state index in [1.165, 1.54) is 12.1 Å². The largest absolute Gasteiger partial charge is 0.339 e. The highest BCUT2D eigenvalue weighted by molar-refractivity contribution is 5.93. The summed E-state index contributed by atoms with van der Waals surface area (Å²) in [5.41, 5.74) is 1.24. The molecule has 0 bridgehead atoms. The minimum Gasteiger partial charge on any atom is -0.339 e. The number of amides is 1. The molecule has 1 aliphatic rings. The van der Waals surface area contributed by atoms with Crippen LogP contribution in [-0.2, 0) is 0 Å². The molecule has 1 aromatic carbocycles. The molecule has 1 fully saturated rings. The smallest absolute Gasteiger partial charge is 0.269 e. The molecule has 0 aliphatic carbocycles. The Labute approximate surface area is 151 Å². The van der Waals surface area contributed by atoms with Crippen LogP contribution < -0.4 is 5.32 Å². The first-order valence-electron chi connectivity index (χ1n) is 8.88. The summed E-state index contributed by atoms with van der Waals surface area (Å²) in [7, 11) is 0. The lowest BCUT2D eigenvalue weighted by Gasteiger charge is -2.31. The predicted molar refractivity (Wildman–Crippen MR) is 97.4 cm³/mol. The molecule has 0 spiro atoms. The normalized spacial score (nSPS) is 15.2. The van der Waals surface area contributed by atoms with Crippen molar-refractivity contribution >= 4 is 11.6 Å². The summed E-state index contributed by atoms with van der Waals surface area (Å²) >= 11 is 0. The number of carbonyl (C=O) groups is 1. The quantitative estimate of drug-likeness (QED) is 0.632. The van der Waals surface area contributed by atoms with E-state index in [-0.39, 0.29) is 11.6 Å².